The lowest BCUT2D eigenvalue weighted by Gasteiger charge is -2.16. The first-order valence-corrected chi connectivity index (χ1v) is 7.15. The van der Waals surface area contributed by atoms with Gasteiger partial charge in [0.2, 0.25) is 0 Å². The van der Waals surface area contributed by atoms with Gasteiger partial charge in [0.25, 0.3) is 11.9 Å². The molecule has 0 saturated carbocycles. The molecule has 3 aromatic rings. The Morgan fingerprint density at radius 3 is 2.72 bits per heavy atom. The Kier molecular flexibility index (Phi) is 3.97. The van der Waals surface area contributed by atoms with Gasteiger partial charge in [0.1, 0.15) is 11.6 Å². The molecule has 0 fully saturated rings. The van der Waals surface area contributed by atoms with Crippen molar-refractivity contribution in [3.8, 4) is 11.3 Å². The van der Waals surface area contributed by atoms with Gasteiger partial charge in [0.15, 0.2) is 5.65 Å². The Hall–Kier alpha value is -2.91. The van der Waals surface area contributed by atoms with Crippen LogP contribution in [0.5, 0.6) is 0 Å². The van der Waals surface area contributed by atoms with Gasteiger partial charge in [-0.25, -0.2) is 9.50 Å². The molecule has 0 saturated heterocycles. The summed E-state index contributed by atoms with van der Waals surface area (Å²) in [6.45, 7) is 2.47. The van der Waals surface area contributed by atoms with Crippen molar-refractivity contribution >= 4 is 11.6 Å². The van der Waals surface area contributed by atoms with Crippen LogP contribution in [0.1, 0.15) is 23.0 Å². The number of alkyl halides is 3. The fourth-order valence-corrected chi connectivity index (χ4v) is 2.24. The van der Waals surface area contributed by atoms with E-state index in [0.29, 0.717) is 5.69 Å². The number of rotatable bonds is 3. The molecule has 6 nitrogen and oxygen atoms in total. The zero-order valence-corrected chi connectivity index (χ0v) is 13.1. The molecule has 1 atom stereocenters. The maximum atomic E-state index is 13.6. The highest BCUT2D eigenvalue weighted by molar-refractivity contribution is 6.00. The molecule has 132 valence electrons. The number of furan rings is 1. The molecule has 3 heterocycles. The van der Waals surface area contributed by atoms with Crippen molar-refractivity contribution in [1.82, 2.24) is 19.9 Å². The highest BCUT2D eigenvalue weighted by Crippen LogP contribution is 2.25. The number of hydrogen-bond donors (Lipinski definition) is 1. The Bertz CT molecular complexity index is 945. The molecule has 0 aliphatic rings. The monoisotopic (exact) mass is 356 g/mol. The molecular weight excluding hydrogens is 344 g/mol. The van der Waals surface area contributed by atoms with Crippen LogP contribution in [-0.4, -0.2) is 32.7 Å². The Morgan fingerprint density at radius 1 is 1.40 bits per heavy atom. The van der Waals surface area contributed by atoms with E-state index < -0.39 is 24.1 Å². The second-order valence-electron chi connectivity index (χ2n) is 5.42. The molecule has 0 radical (unpaired) electrons. The van der Waals surface area contributed by atoms with Gasteiger partial charge >= 0.3 is 6.18 Å². The van der Waals surface area contributed by atoms with Crippen LogP contribution in [0.15, 0.2) is 29.0 Å². The SMILES string of the molecule is Cc1cc(-c2ccoc2F)nc2c(C(=O)NC(C)C(F)(F)F)cnn12. The predicted molar refractivity (Wildman–Crippen MR) is 78.4 cm³/mol. The van der Waals surface area contributed by atoms with E-state index in [1.54, 1.807) is 6.92 Å². The summed E-state index contributed by atoms with van der Waals surface area (Å²) in [5.74, 6) is -0.975. The maximum absolute atomic E-state index is 13.6. The van der Waals surface area contributed by atoms with Gasteiger partial charge in [-0.3, -0.25) is 4.79 Å². The largest absolute Gasteiger partial charge is 0.439 e. The summed E-state index contributed by atoms with van der Waals surface area (Å²) in [7, 11) is 0. The van der Waals surface area contributed by atoms with Crippen LogP contribution in [-0.2, 0) is 0 Å². The van der Waals surface area contributed by atoms with Crippen molar-refractivity contribution < 1.29 is 26.8 Å². The maximum Gasteiger partial charge on any atom is 0.408 e. The number of nitrogens with zero attached hydrogens (tertiary/aromatic N) is 3. The first-order chi connectivity index (χ1) is 11.7. The standard InChI is InChI=1S/C15H12F4N4O2/c1-7-5-11(9-3-4-25-12(9)16)22-13-10(6-20-23(7)13)14(24)21-8(2)15(17,18)19/h3-6,8H,1-2H3,(H,21,24). The fraction of sp³-hybridized carbons (Fsp3) is 0.267. The van der Waals surface area contributed by atoms with E-state index in [4.69, 9.17) is 0 Å². The summed E-state index contributed by atoms with van der Waals surface area (Å²) in [5.41, 5.74) is 0.632. The van der Waals surface area contributed by atoms with Gasteiger partial charge in [0.05, 0.1) is 23.7 Å². The number of aromatic nitrogens is 3. The van der Waals surface area contributed by atoms with Gasteiger partial charge in [-0.05, 0) is 26.0 Å². The second-order valence-corrected chi connectivity index (χ2v) is 5.42. The summed E-state index contributed by atoms with van der Waals surface area (Å²) < 4.78 is 57.4. The number of halogens is 4. The number of carbonyl (C=O) groups excluding carboxylic acids is 1. The highest BCUT2D eigenvalue weighted by Gasteiger charge is 2.37. The first-order valence-electron chi connectivity index (χ1n) is 7.15. The minimum atomic E-state index is -4.58. The number of hydrogen-bond acceptors (Lipinski definition) is 4. The van der Waals surface area contributed by atoms with Crippen molar-refractivity contribution in [1.29, 1.82) is 0 Å². The molecule has 3 rings (SSSR count). The fourth-order valence-electron chi connectivity index (χ4n) is 2.24. The second kappa shape index (κ2) is 5.87. The minimum absolute atomic E-state index is 0.0162. The number of nitrogens with one attached hydrogen (secondary N) is 1. The van der Waals surface area contributed by atoms with Gasteiger partial charge in [-0.15, -0.1) is 0 Å². The molecular formula is C15H12F4N4O2. The Balaban J connectivity index is 2.04. The quantitative estimate of drug-likeness (QED) is 0.732. The zero-order chi connectivity index (χ0) is 18.4. The minimum Gasteiger partial charge on any atom is -0.439 e. The van der Waals surface area contributed by atoms with Crippen LogP contribution < -0.4 is 5.32 Å². The van der Waals surface area contributed by atoms with Crippen LogP contribution in [0, 0.1) is 12.9 Å². The van der Waals surface area contributed by atoms with E-state index in [9.17, 15) is 22.4 Å². The number of amides is 1. The van der Waals surface area contributed by atoms with Gasteiger partial charge < -0.3 is 9.73 Å². The normalized spacial score (nSPS) is 13.2. The van der Waals surface area contributed by atoms with Gasteiger partial charge in [0, 0.05) is 5.69 Å². The molecule has 0 aliphatic heterocycles. The van der Waals surface area contributed by atoms with E-state index in [2.05, 4.69) is 14.5 Å². The van der Waals surface area contributed by atoms with E-state index in [0.717, 1.165) is 19.4 Å². The zero-order valence-electron chi connectivity index (χ0n) is 13.1. The van der Waals surface area contributed by atoms with Crippen molar-refractivity contribution in [3.63, 3.8) is 0 Å². The van der Waals surface area contributed by atoms with Crippen molar-refractivity contribution in [3.05, 3.63) is 41.9 Å². The molecule has 0 bridgehead atoms. The number of carbonyl (C=O) groups is 1. The average Bonchev–Trinajstić information content (AvgIpc) is 3.12. The van der Waals surface area contributed by atoms with Crippen LogP contribution >= 0.6 is 0 Å². The van der Waals surface area contributed by atoms with Crippen LogP contribution in [0.4, 0.5) is 17.6 Å². The topological polar surface area (TPSA) is 72.4 Å². The molecule has 10 heteroatoms. The van der Waals surface area contributed by atoms with Crippen molar-refractivity contribution in [2.24, 2.45) is 0 Å². The lowest BCUT2D eigenvalue weighted by Crippen LogP contribution is -2.43. The van der Waals surface area contributed by atoms with E-state index >= 15 is 0 Å². The number of fused-ring (bicyclic) bond motifs is 1. The summed E-state index contributed by atoms with van der Waals surface area (Å²) in [4.78, 5) is 16.3. The van der Waals surface area contributed by atoms with E-state index in [1.165, 1.54) is 16.6 Å². The third kappa shape index (κ3) is 3.06. The Labute approximate surface area is 138 Å². The van der Waals surface area contributed by atoms with Crippen LogP contribution in [0.2, 0.25) is 0 Å². The van der Waals surface area contributed by atoms with E-state index in [1.807, 2.05) is 5.32 Å². The summed E-state index contributed by atoms with van der Waals surface area (Å²) in [5, 5.41) is 5.80. The third-order valence-electron chi connectivity index (χ3n) is 3.63. The summed E-state index contributed by atoms with van der Waals surface area (Å²) in [6, 6.07) is -0.0124. The van der Waals surface area contributed by atoms with Crippen molar-refractivity contribution in [2.75, 3.05) is 0 Å². The molecule has 3 aromatic heterocycles. The summed E-state index contributed by atoms with van der Waals surface area (Å²) in [6.07, 6.45) is -2.32. The smallest absolute Gasteiger partial charge is 0.408 e. The predicted octanol–water partition coefficient (Wildman–Crippen LogP) is 3.12. The Morgan fingerprint density at radius 2 is 2.12 bits per heavy atom. The van der Waals surface area contributed by atoms with Gasteiger partial charge in [-0.1, -0.05) is 0 Å². The van der Waals surface area contributed by atoms with Crippen LogP contribution in [0.3, 0.4) is 0 Å². The molecule has 25 heavy (non-hydrogen) atoms. The molecule has 1 N–H and O–H groups in total. The summed E-state index contributed by atoms with van der Waals surface area (Å²) >= 11 is 0. The first kappa shape index (κ1) is 16.9. The van der Waals surface area contributed by atoms with Crippen molar-refractivity contribution in [2.45, 2.75) is 26.1 Å². The average molecular weight is 356 g/mol. The lowest BCUT2D eigenvalue weighted by atomic mass is 10.2. The van der Waals surface area contributed by atoms with E-state index in [-0.39, 0.29) is 22.5 Å². The molecule has 1 amide bonds. The highest BCUT2D eigenvalue weighted by atomic mass is 19.4. The molecule has 0 aromatic carbocycles. The molecule has 0 aliphatic carbocycles. The molecule has 0 spiro atoms. The van der Waals surface area contributed by atoms with Gasteiger partial charge in [-0.2, -0.15) is 22.7 Å². The van der Waals surface area contributed by atoms with Crippen LogP contribution in [0.25, 0.3) is 16.9 Å². The molecule has 1 unspecified atom stereocenters. The lowest BCUT2D eigenvalue weighted by molar-refractivity contribution is -0.149. The third-order valence-corrected chi connectivity index (χ3v) is 3.63. The number of aryl methyl sites for hydroxylation is 1.